The van der Waals surface area contributed by atoms with E-state index in [2.05, 4.69) is 30.2 Å². The SMILES string of the molecule is COc1nnnn1-c1cccc(-c2noc(=O)[nH]2)c1. The molecule has 0 fully saturated rings. The molecule has 0 aliphatic rings. The summed E-state index contributed by atoms with van der Waals surface area (Å²) in [5, 5.41) is 14.7. The highest BCUT2D eigenvalue weighted by Gasteiger charge is 2.10. The minimum absolute atomic E-state index is 0.255. The van der Waals surface area contributed by atoms with Crippen LogP contribution in [0.5, 0.6) is 6.01 Å². The number of H-pyrrole nitrogens is 1. The van der Waals surface area contributed by atoms with Gasteiger partial charge < -0.3 is 4.74 Å². The van der Waals surface area contributed by atoms with E-state index in [1.807, 2.05) is 0 Å². The third-order valence-electron chi connectivity index (χ3n) is 2.43. The summed E-state index contributed by atoms with van der Waals surface area (Å²) in [6, 6.07) is 7.34. The van der Waals surface area contributed by atoms with Crippen LogP contribution in [0.3, 0.4) is 0 Å². The van der Waals surface area contributed by atoms with E-state index in [9.17, 15) is 4.79 Å². The van der Waals surface area contributed by atoms with Crippen molar-refractivity contribution in [3.8, 4) is 23.1 Å². The van der Waals surface area contributed by atoms with Crippen molar-refractivity contribution in [2.45, 2.75) is 0 Å². The van der Waals surface area contributed by atoms with Crippen molar-refractivity contribution in [3.05, 3.63) is 34.8 Å². The average Bonchev–Trinajstić information content (AvgIpc) is 3.07. The summed E-state index contributed by atoms with van der Waals surface area (Å²) in [4.78, 5) is 13.4. The zero-order valence-electron chi connectivity index (χ0n) is 9.77. The Labute approximate surface area is 105 Å². The summed E-state index contributed by atoms with van der Waals surface area (Å²) in [7, 11) is 1.47. The maximum atomic E-state index is 10.9. The lowest BCUT2D eigenvalue weighted by molar-refractivity contribution is 0.368. The third-order valence-corrected chi connectivity index (χ3v) is 2.43. The highest BCUT2D eigenvalue weighted by atomic mass is 16.5. The molecule has 2 heterocycles. The molecule has 0 atom stereocenters. The van der Waals surface area contributed by atoms with Crippen molar-refractivity contribution >= 4 is 0 Å². The first-order chi connectivity index (χ1) is 9.28. The zero-order chi connectivity index (χ0) is 13.2. The normalized spacial score (nSPS) is 10.6. The summed E-state index contributed by atoms with van der Waals surface area (Å²) < 4.78 is 10.9. The Morgan fingerprint density at radius 1 is 1.42 bits per heavy atom. The fourth-order valence-corrected chi connectivity index (χ4v) is 1.61. The molecule has 19 heavy (non-hydrogen) atoms. The van der Waals surface area contributed by atoms with Gasteiger partial charge in [-0.15, -0.1) is 0 Å². The molecule has 9 heteroatoms. The van der Waals surface area contributed by atoms with Crippen molar-refractivity contribution in [1.29, 1.82) is 0 Å². The van der Waals surface area contributed by atoms with Gasteiger partial charge in [0.05, 0.1) is 12.8 Å². The van der Waals surface area contributed by atoms with E-state index in [-0.39, 0.29) is 6.01 Å². The Morgan fingerprint density at radius 2 is 2.32 bits per heavy atom. The molecule has 1 aromatic carbocycles. The van der Waals surface area contributed by atoms with Crippen LogP contribution in [0.4, 0.5) is 0 Å². The molecular weight excluding hydrogens is 252 g/mol. The van der Waals surface area contributed by atoms with Crippen molar-refractivity contribution in [1.82, 2.24) is 30.3 Å². The van der Waals surface area contributed by atoms with Crippen LogP contribution >= 0.6 is 0 Å². The number of nitrogens with one attached hydrogen (secondary N) is 1. The van der Waals surface area contributed by atoms with Gasteiger partial charge in [0.2, 0.25) is 0 Å². The Bertz CT molecular complexity index is 758. The number of hydrogen-bond donors (Lipinski definition) is 1. The second-order valence-corrected chi connectivity index (χ2v) is 3.57. The number of aromatic nitrogens is 6. The fourth-order valence-electron chi connectivity index (χ4n) is 1.61. The van der Waals surface area contributed by atoms with Crippen LogP contribution in [0.15, 0.2) is 33.6 Å². The van der Waals surface area contributed by atoms with Gasteiger partial charge in [-0.25, -0.2) is 4.79 Å². The molecule has 9 nitrogen and oxygen atoms in total. The predicted octanol–water partition coefficient (Wildman–Crippen LogP) is 0.0142. The van der Waals surface area contributed by atoms with E-state index in [0.29, 0.717) is 17.1 Å². The first kappa shape index (κ1) is 11.1. The number of nitrogens with zero attached hydrogens (tertiary/aromatic N) is 5. The van der Waals surface area contributed by atoms with Gasteiger partial charge in [0.15, 0.2) is 5.82 Å². The number of hydrogen-bond acceptors (Lipinski definition) is 7. The minimum atomic E-state index is -0.611. The standard InChI is InChI=1S/C10H8N6O3/c1-18-9-12-14-15-16(9)7-4-2-3-6(5-7)8-11-10(17)19-13-8/h2-5H,1H3,(H,11,13,17). The summed E-state index contributed by atoms with van der Waals surface area (Å²) in [5.41, 5.74) is 1.34. The molecule has 0 aliphatic heterocycles. The molecule has 2 aromatic heterocycles. The minimum Gasteiger partial charge on any atom is -0.466 e. The quantitative estimate of drug-likeness (QED) is 0.706. The first-order valence-corrected chi connectivity index (χ1v) is 5.27. The van der Waals surface area contributed by atoms with E-state index < -0.39 is 5.76 Å². The van der Waals surface area contributed by atoms with Gasteiger partial charge in [-0.3, -0.25) is 9.51 Å². The number of tetrazole rings is 1. The van der Waals surface area contributed by atoms with E-state index >= 15 is 0 Å². The van der Waals surface area contributed by atoms with Crippen LogP contribution in [0.2, 0.25) is 0 Å². The molecule has 0 saturated heterocycles. The monoisotopic (exact) mass is 260 g/mol. The molecule has 0 radical (unpaired) electrons. The Hall–Kier alpha value is -2.97. The molecule has 0 saturated carbocycles. The second-order valence-electron chi connectivity index (χ2n) is 3.57. The molecule has 0 unspecified atom stereocenters. The predicted molar refractivity (Wildman–Crippen MR) is 61.8 cm³/mol. The van der Waals surface area contributed by atoms with Crippen molar-refractivity contribution in [2.75, 3.05) is 7.11 Å². The van der Waals surface area contributed by atoms with Gasteiger partial charge >= 0.3 is 11.8 Å². The summed E-state index contributed by atoms with van der Waals surface area (Å²) in [6.45, 7) is 0. The third kappa shape index (κ3) is 1.97. The van der Waals surface area contributed by atoms with Crippen LogP contribution < -0.4 is 10.5 Å². The van der Waals surface area contributed by atoms with Crippen LogP contribution in [-0.4, -0.2) is 37.5 Å². The molecule has 3 aromatic rings. The average molecular weight is 260 g/mol. The maximum absolute atomic E-state index is 10.9. The lowest BCUT2D eigenvalue weighted by atomic mass is 10.2. The molecule has 3 rings (SSSR count). The Morgan fingerprint density at radius 3 is 3.05 bits per heavy atom. The molecule has 0 spiro atoms. The number of benzene rings is 1. The van der Waals surface area contributed by atoms with E-state index in [1.165, 1.54) is 11.8 Å². The number of rotatable bonds is 3. The highest BCUT2D eigenvalue weighted by molar-refractivity contribution is 5.58. The molecule has 0 amide bonds. The van der Waals surface area contributed by atoms with Crippen LogP contribution in [0, 0.1) is 0 Å². The Balaban J connectivity index is 2.07. The van der Waals surface area contributed by atoms with Gasteiger partial charge in [-0.1, -0.05) is 22.4 Å². The lowest BCUT2D eigenvalue weighted by Gasteiger charge is -2.03. The fraction of sp³-hybridized carbons (Fsp3) is 0.100. The van der Waals surface area contributed by atoms with Crippen molar-refractivity contribution in [3.63, 3.8) is 0 Å². The lowest BCUT2D eigenvalue weighted by Crippen LogP contribution is -2.01. The van der Waals surface area contributed by atoms with Crippen LogP contribution in [0.1, 0.15) is 0 Å². The van der Waals surface area contributed by atoms with Crippen molar-refractivity contribution < 1.29 is 9.26 Å². The van der Waals surface area contributed by atoms with E-state index in [1.54, 1.807) is 24.3 Å². The Kier molecular flexibility index (Phi) is 2.56. The topological polar surface area (TPSA) is 112 Å². The van der Waals surface area contributed by atoms with E-state index in [4.69, 9.17) is 4.74 Å². The van der Waals surface area contributed by atoms with Gasteiger partial charge in [0, 0.05) is 5.56 Å². The maximum Gasteiger partial charge on any atom is 0.439 e. The number of ether oxygens (including phenoxy) is 1. The highest BCUT2D eigenvalue weighted by Crippen LogP contribution is 2.19. The number of methoxy groups -OCH3 is 1. The second kappa shape index (κ2) is 4.37. The van der Waals surface area contributed by atoms with Crippen LogP contribution in [-0.2, 0) is 0 Å². The molecule has 0 aliphatic carbocycles. The van der Waals surface area contributed by atoms with Gasteiger partial charge in [0.25, 0.3) is 0 Å². The van der Waals surface area contributed by atoms with Gasteiger partial charge in [0.1, 0.15) is 0 Å². The summed E-state index contributed by atoms with van der Waals surface area (Å²) in [5.74, 6) is -0.278. The van der Waals surface area contributed by atoms with Gasteiger partial charge in [-0.2, -0.15) is 4.68 Å². The summed E-state index contributed by atoms with van der Waals surface area (Å²) in [6.07, 6.45) is 0. The number of aromatic amines is 1. The smallest absolute Gasteiger partial charge is 0.439 e. The largest absolute Gasteiger partial charge is 0.466 e. The van der Waals surface area contributed by atoms with Crippen LogP contribution in [0.25, 0.3) is 17.1 Å². The van der Waals surface area contributed by atoms with Gasteiger partial charge in [-0.05, 0) is 22.6 Å². The van der Waals surface area contributed by atoms with E-state index in [0.717, 1.165) is 0 Å². The zero-order valence-corrected chi connectivity index (χ0v) is 9.77. The molecule has 1 N–H and O–H groups in total. The molecule has 0 bridgehead atoms. The van der Waals surface area contributed by atoms with Crippen molar-refractivity contribution in [2.24, 2.45) is 0 Å². The molecular formula is C10H8N6O3. The summed E-state index contributed by atoms with van der Waals surface area (Å²) >= 11 is 0. The molecule has 96 valence electrons. The first-order valence-electron chi connectivity index (χ1n) is 5.27.